The van der Waals surface area contributed by atoms with E-state index >= 15 is 0 Å². The van der Waals surface area contributed by atoms with Crippen LogP contribution in [0.3, 0.4) is 0 Å². The molecule has 2 nitrogen and oxygen atoms in total. The van der Waals surface area contributed by atoms with E-state index in [-0.39, 0.29) is 17.6 Å². The third-order valence-corrected chi connectivity index (χ3v) is 5.64. The lowest BCUT2D eigenvalue weighted by atomic mass is 9.80. The van der Waals surface area contributed by atoms with Gasteiger partial charge in [-0.3, -0.25) is 4.90 Å². The van der Waals surface area contributed by atoms with Crippen molar-refractivity contribution in [1.29, 1.82) is 0 Å². The molecule has 0 bridgehead atoms. The van der Waals surface area contributed by atoms with E-state index in [1.807, 2.05) is 18.2 Å². The first-order valence-corrected chi connectivity index (χ1v) is 10.1. The number of hydrogen-bond acceptors (Lipinski definition) is 2. The quantitative estimate of drug-likeness (QED) is 0.537. The van der Waals surface area contributed by atoms with E-state index in [1.54, 1.807) is 12.1 Å². The zero-order valence-electron chi connectivity index (χ0n) is 16.3. The van der Waals surface area contributed by atoms with Crippen LogP contribution in [0.2, 0.25) is 0 Å². The summed E-state index contributed by atoms with van der Waals surface area (Å²) in [7, 11) is 0. The topological polar surface area (TPSA) is 12.5 Å². The number of halogens is 2. The van der Waals surface area contributed by atoms with Crippen LogP contribution >= 0.6 is 0 Å². The van der Waals surface area contributed by atoms with E-state index in [2.05, 4.69) is 29.2 Å². The number of rotatable bonds is 6. The molecule has 0 aliphatic carbocycles. The smallest absolute Gasteiger partial charge is 0.123 e. The zero-order valence-corrected chi connectivity index (χ0v) is 16.3. The summed E-state index contributed by atoms with van der Waals surface area (Å²) >= 11 is 0. The maximum Gasteiger partial charge on any atom is 0.123 e. The summed E-state index contributed by atoms with van der Waals surface area (Å²) < 4.78 is 32.6. The fraction of sp³-hybridized carbons (Fsp3) is 0.280. The number of nitrogens with zero attached hydrogens (tertiary/aromatic N) is 1. The normalized spacial score (nSPS) is 19.8. The lowest BCUT2D eigenvalue weighted by Crippen LogP contribution is -2.41. The molecule has 3 aromatic rings. The molecule has 1 saturated heterocycles. The highest BCUT2D eigenvalue weighted by molar-refractivity contribution is 5.24. The van der Waals surface area contributed by atoms with Gasteiger partial charge in [-0.25, -0.2) is 8.78 Å². The van der Waals surface area contributed by atoms with Gasteiger partial charge >= 0.3 is 0 Å². The Kier molecular flexibility index (Phi) is 6.20. The summed E-state index contributed by atoms with van der Waals surface area (Å²) in [4.78, 5) is 2.45. The van der Waals surface area contributed by atoms with E-state index in [1.165, 1.54) is 29.8 Å². The molecule has 0 radical (unpaired) electrons. The second-order valence-electron chi connectivity index (χ2n) is 7.69. The summed E-state index contributed by atoms with van der Waals surface area (Å²) in [5.41, 5.74) is 2.45. The molecule has 29 heavy (non-hydrogen) atoms. The highest BCUT2D eigenvalue weighted by atomic mass is 19.1. The Morgan fingerprint density at radius 3 is 2.17 bits per heavy atom. The molecule has 1 fully saturated rings. The Labute approximate surface area is 170 Å². The van der Waals surface area contributed by atoms with Crippen molar-refractivity contribution in [2.45, 2.75) is 18.9 Å². The molecule has 2 atom stereocenters. The predicted molar refractivity (Wildman–Crippen MR) is 111 cm³/mol. The third kappa shape index (κ3) is 5.21. The maximum absolute atomic E-state index is 13.4. The van der Waals surface area contributed by atoms with Gasteiger partial charge in [-0.05, 0) is 66.4 Å². The van der Waals surface area contributed by atoms with E-state index in [0.717, 1.165) is 31.6 Å². The van der Waals surface area contributed by atoms with Crippen molar-refractivity contribution < 1.29 is 13.5 Å². The molecule has 150 valence electrons. The molecule has 0 saturated carbocycles. The first kappa shape index (κ1) is 19.6. The monoisotopic (exact) mass is 393 g/mol. The highest BCUT2D eigenvalue weighted by Gasteiger charge is 2.31. The molecule has 1 aliphatic heterocycles. The van der Waals surface area contributed by atoms with Crippen LogP contribution in [0, 0.1) is 17.6 Å². The molecule has 0 unspecified atom stereocenters. The van der Waals surface area contributed by atoms with Crippen LogP contribution in [0.15, 0.2) is 78.9 Å². The second kappa shape index (κ2) is 9.19. The molecule has 0 N–H and O–H groups in total. The summed E-state index contributed by atoms with van der Waals surface area (Å²) in [6, 6.07) is 23.4. The Morgan fingerprint density at radius 2 is 1.48 bits per heavy atom. The van der Waals surface area contributed by atoms with Crippen molar-refractivity contribution in [2.75, 3.05) is 19.7 Å². The minimum atomic E-state index is -0.270. The van der Waals surface area contributed by atoms with Crippen LogP contribution in [0.5, 0.6) is 5.75 Å². The molecule has 1 heterocycles. The van der Waals surface area contributed by atoms with Gasteiger partial charge in [0.2, 0.25) is 0 Å². The highest BCUT2D eigenvalue weighted by Crippen LogP contribution is 2.34. The average Bonchev–Trinajstić information content (AvgIpc) is 2.75. The van der Waals surface area contributed by atoms with Gasteiger partial charge < -0.3 is 4.74 Å². The number of piperidine rings is 1. The first-order chi connectivity index (χ1) is 14.2. The number of hydrogen-bond donors (Lipinski definition) is 0. The Morgan fingerprint density at radius 1 is 0.828 bits per heavy atom. The Hall–Kier alpha value is -2.72. The minimum Gasteiger partial charge on any atom is -0.493 e. The number of likely N-dealkylation sites (tertiary alicyclic amines) is 1. The molecule has 0 aromatic heterocycles. The van der Waals surface area contributed by atoms with E-state index in [4.69, 9.17) is 4.74 Å². The Balaban J connectivity index is 1.48. The molecule has 1 aliphatic rings. The lowest BCUT2D eigenvalue weighted by Gasteiger charge is -2.39. The van der Waals surface area contributed by atoms with Gasteiger partial charge in [0, 0.05) is 19.0 Å². The summed E-state index contributed by atoms with van der Waals surface area (Å²) in [6.07, 6.45) is 0.996. The van der Waals surface area contributed by atoms with E-state index in [9.17, 15) is 8.78 Å². The van der Waals surface area contributed by atoms with E-state index in [0.29, 0.717) is 18.3 Å². The van der Waals surface area contributed by atoms with Crippen molar-refractivity contribution in [2.24, 2.45) is 5.92 Å². The number of benzene rings is 3. The summed E-state index contributed by atoms with van der Waals surface area (Å²) in [6.45, 7) is 3.34. The van der Waals surface area contributed by atoms with Crippen LogP contribution < -0.4 is 4.74 Å². The fourth-order valence-electron chi connectivity index (χ4n) is 4.14. The van der Waals surface area contributed by atoms with Gasteiger partial charge in [-0.2, -0.15) is 0 Å². The standard InChI is InChI=1S/C25H25F2NO/c26-22-8-6-20(7-9-22)25-14-15-28(16-19-4-2-1-3-5-19)17-21(25)18-29-24-12-10-23(27)11-13-24/h1-13,21,25H,14-18H2/t21-,25-/m1/s1. The van der Waals surface area contributed by atoms with Crippen molar-refractivity contribution in [3.8, 4) is 5.75 Å². The summed E-state index contributed by atoms with van der Waals surface area (Å²) in [5, 5.41) is 0. The van der Waals surface area contributed by atoms with Crippen LogP contribution in [-0.4, -0.2) is 24.6 Å². The molecular weight excluding hydrogens is 368 g/mol. The first-order valence-electron chi connectivity index (χ1n) is 10.1. The summed E-state index contributed by atoms with van der Waals surface area (Å²) in [5.74, 6) is 0.762. The second-order valence-corrected chi connectivity index (χ2v) is 7.69. The largest absolute Gasteiger partial charge is 0.493 e. The molecule has 0 amide bonds. The molecule has 3 aromatic carbocycles. The van der Waals surface area contributed by atoms with Gasteiger partial charge in [0.15, 0.2) is 0 Å². The van der Waals surface area contributed by atoms with Crippen molar-refractivity contribution in [3.63, 3.8) is 0 Å². The van der Waals surface area contributed by atoms with Crippen LogP contribution in [-0.2, 0) is 6.54 Å². The van der Waals surface area contributed by atoms with Crippen molar-refractivity contribution >= 4 is 0 Å². The minimum absolute atomic E-state index is 0.214. The fourth-order valence-corrected chi connectivity index (χ4v) is 4.14. The average molecular weight is 393 g/mol. The van der Waals surface area contributed by atoms with Crippen LogP contribution in [0.4, 0.5) is 8.78 Å². The van der Waals surface area contributed by atoms with Crippen LogP contribution in [0.25, 0.3) is 0 Å². The molecule has 4 heteroatoms. The van der Waals surface area contributed by atoms with Crippen LogP contribution in [0.1, 0.15) is 23.5 Å². The SMILES string of the molecule is Fc1ccc(OC[C@H]2CN(Cc3ccccc3)CC[C@@H]2c2ccc(F)cc2)cc1. The van der Waals surface area contributed by atoms with Crippen molar-refractivity contribution in [1.82, 2.24) is 4.90 Å². The van der Waals surface area contributed by atoms with E-state index < -0.39 is 0 Å². The van der Waals surface area contributed by atoms with Gasteiger partial charge in [0.25, 0.3) is 0 Å². The van der Waals surface area contributed by atoms with Gasteiger partial charge in [-0.15, -0.1) is 0 Å². The number of ether oxygens (including phenoxy) is 1. The van der Waals surface area contributed by atoms with Gasteiger partial charge in [-0.1, -0.05) is 42.5 Å². The predicted octanol–water partition coefficient (Wildman–Crippen LogP) is 5.65. The van der Waals surface area contributed by atoms with Gasteiger partial charge in [0.1, 0.15) is 17.4 Å². The zero-order chi connectivity index (χ0) is 20.1. The van der Waals surface area contributed by atoms with Crippen molar-refractivity contribution in [3.05, 3.63) is 102 Å². The molecule has 0 spiro atoms. The third-order valence-electron chi connectivity index (χ3n) is 5.64. The molecular formula is C25H25F2NO. The van der Waals surface area contributed by atoms with Gasteiger partial charge in [0.05, 0.1) is 6.61 Å². The maximum atomic E-state index is 13.4. The lowest BCUT2D eigenvalue weighted by molar-refractivity contribution is 0.106. The Bertz CT molecular complexity index is 896. The molecule has 4 rings (SSSR count).